The summed E-state index contributed by atoms with van der Waals surface area (Å²) in [7, 11) is 0. The summed E-state index contributed by atoms with van der Waals surface area (Å²) in [5.74, 6) is -0.646. The molecule has 0 unspecified atom stereocenters. The molecular formula is C20H18FN3O2S. The monoisotopic (exact) mass is 383 g/mol. The zero-order chi connectivity index (χ0) is 19.4. The van der Waals surface area contributed by atoms with Gasteiger partial charge in [-0.3, -0.25) is 9.59 Å². The Morgan fingerprint density at radius 3 is 2.37 bits per heavy atom. The Bertz CT molecular complexity index is 966. The van der Waals surface area contributed by atoms with E-state index in [9.17, 15) is 14.0 Å². The Kier molecular flexibility index (Phi) is 5.61. The Hall–Kier alpha value is -3.06. The lowest BCUT2D eigenvalue weighted by Gasteiger charge is -2.06. The number of halogens is 1. The van der Waals surface area contributed by atoms with Crippen molar-refractivity contribution in [1.82, 2.24) is 10.3 Å². The van der Waals surface area contributed by atoms with Crippen LogP contribution in [0.25, 0.3) is 10.6 Å². The summed E-state index contributed by atoms with van der Waals surface area (Å²) in [6, 6.07) is 13.3. The number of hydrogen-bond donors (Lipinski definition) is 2. The van der Waals surface area contributed by atoms with Crippen LogP contribution in [0, 0.1) is 12.7 Å². The van der Waals surface area contributed by atoms with Gasteiger partial charge in [0.05, 0.1) is 5.69 Å². The maximum Gasteiger partial charge on any atom is 0.263 e. The Morgan fingerprint density at radius 1 is 1.07 bits per heavy atom. The van der Waals surface area contributed by atoms with Gasteiger partial charge in [0.25, 0.3) is 5.91 Å². The van der Waals surface area contributed by atoms with Gasteiger partial charge in [0.1, 0.15) is 15.7 Å². The van der Waals surface area contributed by atoms with Crippen LogP contribution in [-0.4, -0.2) is 16.8 Å². The molecular weight excluding hydrogens is 365 g/mol. The molecule has 0 aliphatic heterocycles. The van der Waals surface area contributed by atoms with Gasteiger partial charge in [0.2, 0.25) is 5.91 Å². The molecule has 0 saturated heterocycles. The predicted octanol–water partition coefficient (Wildman–Crippen LogP) is 4.15. The molecule has 0 saturated carbocycles. The van der Waals surface area contributed by atoms with Crippen molar-refractivity contribution in [3.63, 3.8) is 0 Å². The lowest BCUT2D eigenvalue weighted by Crippen LogP contribution is -2.22. The Morgan fingerprint density at radius 2 is 1.74 bits per heavy atom. The standard InChI is InChI=1S/C20H18FN3O2S/c1-12-18(27-20(23-12)15-5-7-16(21)8-6-15)19(26)22-11-14-3-9-17(10-4-14)24-13(2)25/h3-10H,11H2,1-2H3,(H,22,26)(H,24,25). The summed E-state index contributed by atoms with van der Waals surface area (Å²) < 4.78 is 13.1. The van der Waals surface area contributed by atoms with Crippen LogP contribution in [-0.2, 0) is 11.3 Å². The van der Waals surface area contributed by atoms with Crippen molar-refractivity contribution >= 4 is 28.8 Å². The molecule has 1 aromatic heterocycles. The minimum absolute atomic E-state index is 0.131. The maximum atomic E-state index is 13.1. The summed E-state index contributed by atoms with van der Waals surface area (Å²) in [5.41, 5.74) is 3.04. The van der Waals surface area contributed by atoms with Gasteiger partial charge in [0, 0.05) is 24.7 Å². The number of anilines is 1. The number of thiazole rings is 1. The summed E-state index contributed by atoms with van der Waals surface area (Å²) in [5, 5.41) is 6.25. The predicted molar refractivity (Wildman–Crippen MR) is 104 cm³/mol. The van der Waals surface area contributed by atoms with Crippen molar-refractivity contribution < 1.29 is 14.0 Å². The third-order valence-electron chi connectivity index (χ3n) is 3.82. The van der Waals surface area contributed by atoms with Crippen molar-refractivity contribution in [3.05, 3.63) is 70.5 Å². The minimum Gasteiger partial charge on any atom is -0.347 e. The molecule has 0 spiro atoms. The smallest absolute Gasteiger partial charge is 0.263 e. The number of nitrogens with one attached hydrogen (secondary N) is 2. The van der Waals surface area contributed by atoms with Gasteiger partial charge >= 0.3 is 0 Å². The topological polar surface area (TPSA) is 71.1 Å². The lowest BCUT2D eigenvalue weighted by molar-refractivity contribution is -0.114. The lowest BCUT2D eigenvalue weighted by atomic mass is 10.2. The normalized spacial score (nSPS) is 10.5. The first kappa shape index (κ1) is 18.7. The van der Waals surface area contributed by atoms with Crippen LogP contribution in [0.1, 0.15) is 27.9 Å². The first-order chi connectivity index (χ1) is 12.9. The molecule has 5 nitrogen and oxygen atoms in total. The molecule has 1 heterocycles. The zero-order valence-corrected chi connectivity index (χ0v) is 15.7. The van der Waals surface area contributed by atoms with Gasteiger partial charge < -0.3 is 10.6 Å². The molecule has 0 atom stereocenters. The van der Waals surface area contributed by atoms with E-state index in [-0.39, 0.29) is 17.6 Å². The summed E-state index contributed by atoms with van der Waals surface area (Å²) in [4.78, 5) is 28.5. The Labute approximate surface area is 160 Å². The molecule has 0 aliphatic rings. The zero-order valence-electron chi connectivity index (χ0n) is 14.9. The van der Waals surface area contributed by atoms with Gasteiger partial charge in [-0.2, -0.15) is 0 Å². The molecule has 138 valence electrons. The second-order valence-electron chi connectivity index (χ2n) is 6.00. The highest BCUT2D eigenvalue weighted by atomic mass is 32.1. The Balaban J connectivity index is 1.66. The van der Waals surface area contributed by atoms with Crippen molar-refractivity contribution in [2.75, 3.05) is 5.32 Å². The highest BCUT2D eigenvalue weighted by molar-refractivity contribution is 7.17. The maximum absolute atomic E-state index is 13.1. The van der Waals surface area contributed by atoms with Gasteiger partial charge in [-0.25, -0.2) is 9.37 Å². The van der Waals surface area contributed by atoms with Crippen molar-refractivity contribution in [3.8, 4) is 10.6 Å². The largest absolute Gasteiger partial charge is 0.347 e. The number of carbonyl (C=O) groups excluding carboxylic acids is 2. The number of carbonyl (C=O) groups is 2. The SMILES string of the molecule is CC(=O)Nc1ccc(CNC(=O)c2sc(-c3ccc(F)cc3)nc2C)cc1. The molecule has 0 radical (unpaired) electrons. The van der Waals surface area contributed by atoms with E-state index in [0.29, 0.717) is 27.8 Å². The van der Waals surface area contributed by atoms with Crippen LogP contribution < -0.4 is 10.6 Å². The number of aryl methyl sites for hydroxylation is 1. The van der Waals surface area contributed by atoms with E-state index in [1.807, 2.05) is 12.1 Å². The number of rotatable bonds is 5. The number of aromatic nitrogens is 1. The van der Waals surface area contributed by atoms with E-state index >= 15 is 0 Å². The number of hydrogen-bond acceptors (Lipinski definition) is 4. The van der Waals surface area contributed by atoms with E-state index in [4.69, 9.17) is 0 Å². The number of amides is 2. The molecule has 2 amide bonds. The van der Waals surface area contributed by atoms with Crippen LogP contribution in [0.3, 0.4) is 0 Å². The molecule has 7 heteroatoms. The van der Waals surface area contributed by atoms with Crippen LogP contribution in [0.4, 0.5) is 10.1 Å². The van der Waals surface area contributed by atoms with Gasteiger partial charge in [-0.05, 0) is 48.9 Å². The minimum atomic E-state index is -0.311. The first-order valence-corrected chi connectivity index (χ1v) is 9.12. The third kappa shape index (κ3) is 4.77. The average molecular weight is 383 g/mol. The molecule has 0 bridgehead atoms. The van der Waals surface area contributed by atoms with E-state index in [1.54, 1.807) is 31.2 Å². The average Bonchev–Trinajstić information content (AvgIpc) is 3.03. The van der Waals surface area contributed by atoms with Gasteiger partial charge in [-0.1, -0.05) is 12.1 Å². The molecule has 3 rings (SSSR count). The van der Waals surface area contributed by atoms with E-state index in [0.717, 1.165) is 11.1 Å². The number of benzene rings is 2. The number of nitrogens with zero attached hydrogens (tertiary/aromatic N) is 1. The second-order valence-corrected chi connectivity index (χ2v) is 7.00. The van der Waals surface area contributed by atoms with Crippen molar-refractivity contribution in [2.24, 2.45) is 0 Å². The molecule has 0 fully saturated rings. The highest BCUT2D eigenvalue weighted by Crippen LogP contribution is 2.28. The molecule has 2 N–H and O–H groups in total. The summed E-state index contributed by atoms with van der Waals surface area (Å²) >= 11 is 1.28. The highest BCUT2D eigenvalue weighted by Gasteiger charge is 2.16. The second kappa shape index (κ2) is 8.09. The summed E-state index contributed by atoms with van der Waals surface area (Å²) in [6.45, 7) is 3.59. The fraction of sp³-hybridized carbons (Fsp3) is 0.150. The van der Waals surface area contributed by atoms with Crippen LogP contribution in [0.15, 0.2) is 48.5 Å². The van der Waals surface area contributed by atoms with E-state index in [1.165, 1.54) is 30.4 Å². The van der Waals surface area contributed by atoms with E-state index < -0.39 is 0 Å². The molecule has 27 heavy (non-hydrogen) atoms. The summed E-state index contributed by atoms with van der Waals surface area (Å²) in [6.07, 6.45) is 0. The van der Waals surface area contributed by atoms with E-state index in [2.05, 4.69) is 15.6 Å². The van der Waals surface area contributed by atoms with Crippen molar-refractivity contribution in [1.29, 1.82) is 0 Å². The first-order valence-electron chi connectivity index (χ1n) is 8.30. The van der Waals surface area contributed by atoms with Gasteiger partial charge in [0.15, 0.2) is 0 Å². The van der Waals surface area contributed by atoms with Gasteiger partial charge in [-0.15, -0.1) is 11.3 Å². The van der Waals surface area contributed by atoms with Crippen LogP contribution >= 0.6 is 11.3 Å². The van der Waals surface area contributed by atoms with Crippen molar-refractivity contribution in [2.45, 2.75) is 20.4 Å². The molecule has 0 aliphatic carbocycles. The van der Waals surface area contributed by atoms with Crippen LogP contribution in [0.5, 0.6) is 0 Å². The van der Waals surface area contributed by atoms with Crippen LogP contribution in [0.2, 0.25) is 0 Å². The molecule has 3 aromatic rings. The molecule has 2 aromatic carbocycles. The fourth-order valence-corrected chi connectivity index (χ4v) is 3.48. The third-order valence-corrected chi connectivity index (χ3v) is 5.03. The fourth-order valence-electron chi connectivity index (χ4n) is 2.49. The quantitative estimate of drug-likeness (QED) is 0.695.